The molecule has 2 aromatic carbocycles. The fourth-order valence-electron chi connectivity index (χ4n) is 3.14. The quantitative estimate of drug-likeness (QED) is 0.760. The fraction of sp³-hybridized carbons (Fsp3) is 0.350. The fourth-order valence-corrected chi connectivity index (χ4v) is 3.14. The predicted octanol–water partition coefficient (Wildman–Crippen LogP) is 2.53. The van der Waals surface area contributed by atoms with Crippen molar-refractivity contribution in [2.24, 2.45) is 5.92 Å². The third-order valence-electron chi connectivity index (χ3n) is 4.60. The van der Waals surface area contributed by atoms with E-state index in [-0.39, 0.29) is 18.1 Å². The summed E-state index contributed by atoms with van der Waals surface area (Å²) in [5, 5.41) is 28.6. The molecule has 0 amide bonds. The Kier molecular flexibility index (Phi) is 5.56. The van der Waals surface area contributed by atoms with Gasteiger partial charge in [0.15, 0.2) is 0 Å². The van der Waals surface area contributed by atoms with Gasteiger partial charge in [-0.3, -0.25) is 0 Å². The molecule has 0 unspecified atom stereocenters. The molecular weight excluding hydrogens is 336 g/mol. The van der Waals surface area contributed by atoms with Crippen molar-refractivity contribution >= 4 is 5.97 Å². The van der Waals surface area contributed by atoms with Crippen LogP contribution in [-0.4, -0.2) is 46.4 Å². The number of aliphatic hydroxyl groups excluding tert-OH is 2. The molecule has 1 aliphatic heterocycles. The van der Waals surface area contributed by atoms with Crippen LogP contribution in [0.3, 0.4) is 0 Å². The molecule has 26 heavy (non-hydrogen) atoms. The first-order chi connectivity index (χ1) is 12.5. The molecule has 1 heterocycles. The molecule has 0 bridgehead atoms. The second-order valence-corrected chi connectivity index (χ2v) is 6.49. The van der Waals surface area contributed by atoms with Crippen LogP contribution in [0.2, 0.25) is 0 Å². The van der Waals surface area contributed by atoms with Crippen molar-refractivity contribution in [3.05, 3.63) is 54.1 Å². The van der Waals surface area contributed by atoms with Crippen molar-refractivity contribution < 1.29 is 29.6 Å². The topological polar surface area (TPSA) is 96.2 Å². The minimum absolute atomic E-state index is 0.0756. The van der Waals surface area contributed by atoms with Crippen molar-refractivity contribution in [3.8, 4) is 16.9 Å². The molecule has 0 aliphatic carbocycles. The van der Waals surface area contributed by atoms with E-state index in [1.807, 2.05) is 31.2 Å². The minimum atomic E-state index is -0.991. The smallest absolute Gasteiger partial charge is 0.335 e. The zero-order valence-electron chi connectivity index (χ0n) is 14.4. The summed E-state index contributed by atoms with van der Waals surface area (Å²) in [4.78, 5) is 11.2. The van der Waals surface area contributed by atoms with Crippen LogP contribution in [0.15, 0.2) is 48.5 Å². The molecule has 0 saturated carbocycles. The third-order valence-corrected chi connectivity index (χ3v) is 4.60. The third kappa shape index (κ3) is 3.88. The number of aromatic carboxylic acids is 1. The normalized spacial score (nSPS) is 25.7. The van der Waals surface area contributed by atoms with E-state index in [1.165, 1.54) is 6.07 Å². The molecule has 2 aromatic rings. The van der Waals surface area contributed by atoms with E-state index in [0.717, 1.165) is 11.1 Å². The Hall–Kier alpha value is -2.41. The number of ether oxygens (including phenoxy) is 2. The van der Waals surface area contributed by atoms with E-state index in [4.69, 9.17) is 9.47 Å². The highest BCUT2D eigenvalue weighted by Gasteiger charge is 2.36. The maximum atomic E-state index is 11.2. The lowest BCUT2D eigenvalue weighted by Crippen LogP contribution is -2.47. The lowest BCUT2D eigenvalue weighted by molar-refractivity contribution is -0.213. The lowest BCUT2D eigenvalue weighted by Gasteiger charge is -2.37. The number of carboxylic acids is 1. The summed E-state index contributed by atoms with van der Waals surface area (Å²) in [7, 11) is 0. The van der Waals surface area contributed by atoms with Gasteiger partial charge in [-0.1, -0.05) is 37.3 Å². The van der Waals surface area contributed by atoms with Gasteiger partial charge < -0.3 is 24.8 Å². The summed E-state index contributed by atoms with van der Waals surface area (Å²) >= 11 is 0. The van der Waals surface area contributed by atoms with Gasteiger partial charge in [0, 0.05) is 12.0 Å². The number of carboxylic acid groups (broad SMARTS) is 1. The Morgan fingerprint density at radius 1 is 1.23 bits per heavy atom. The van der Waals surface area contributed by atoms with E-state index in [1.54, 1.807) is 18.2 Å². The monoisotopic (exact) mass is 358 g/mol. The van der Waals surface area contributed by atoms with Gasteiger partial charge in [-0.15, -0.1) is 0 Å². The molecule has 1 aliphatic rings. The van der Waals surface area contributed by atoms with Gasteiger partial charge in [0.1, 0.15) is 11.9 Å². The summed E-state index contributed by atoms with van der Waals surface area (Å²) in [6.07, 6.45) is -1.54. The molecule has 6 heteroatoms. The summed E-state index contributed by atoms with van der Waals surface area (Å²) in [5.41, 5.74) is 1.67. The van der Waals surface area contributed by atoms with Crippen molar-refractivity contribution in [2.75, 3.05) is 6.61 Å². The van der Waals surface area contributed by atoms with Crippen LogP contribution in [0, 0.1) is 5.92 Å². The number of rotatable bonds is 5. The number of para-hydroxylation sites is 1. The number of benzene rings is 2. The van der Waals surface area contributed by atoms with Gasteiger partial charge in [0.05, 0.1) is 18.3 Å². The second-order valence-electron chi connectivity index (χ2n) is 6.49. The molecule has 0 radical (unpaired) electrons. The maximum Gasteiger partial charge on any atom is 0.335 e. The van der Waals surface area contributed by atoms with Crippen LogP contribution in [0.25, 0.3) is 11.1 Å². The van der Waals surface area contributed by atoms with Crippen molar-refractivity contribution in [1.82, 2.24) is 0 Å². The molecule has 3 N–H and O–H groups in total. The Morgan fingerprint density at radius 3 is 2.73 bits per heavy atom. The molecule has 6 nitrogen and oxygen atoms in total. The highest BCUT2D eigenvalue weighted by Crippen LogP contribution is 2.34. The van der Waals surface area contributed by atoms with Gasteiger partial charge >= 0.3 is 5.97 Å². The second kappa shape index (κ2) is 7.86. The molecule has 1 saturated heterocycles. The van der Waals surface area contributed by atoms with Crippen LogP contribution < -0.4 is 4.74 Å². The zero-order chi connectivity index (χ0) is 18.7. The molecule has 1 fully saturated rings. The minimum Gasteiger partial charge on any atom is -0.478 e. The van der Waals surface area contributed by atoms with Crippen LogP contribution in [-0.2, 0) is 4.74 Å². The molecule has 4 atom stereocenters. The average molecular weight is 358 g/mol. The summed E-state index contributed by atoms with van der Waals surface area (Å²) < 4.78 is 11.7. The molecule has 0 aromatic heterocycles. The number of carbonyl (C=O) groups is 1. The first kappa shape index (κ1) is 18.4. The summed E-state index contributed by atoms with van der Waals surface area (Å²) in [6.45, 7) is 1.60. The number of aliphatic hydroxyl groups is 2. The molecule has 3 rings (SSSR count). The lowest BCUT2D eigenvalue weighted by atomic mass is 9.93. The van der Waals surface area contributed by atoms with E-state index >= 15 is 0 Å². The number of hydrogen-bond acceptors (Lipinski definition) is 5. The van der Waals surface area contributed by atoms with E-state index in [9.17, 15) is 20.1 Å². The first-order valence-electron chi connectivity index (χ1n) is 8.53. The molecule has 0 spiro atoms. The Bertz CT molecular complexity index is 774. The van der Waals surface area contributed by atoms with Crippen LogP contribution in [0.5, 0.6) is 5.75 Å². The van der Waals surface area contributed by atoms with Gasteiger partial charge in [-0.25, -0.2) is 4.79 Å². The Labute approximate surface area is 151 Å². The van der Waals surface area contributed by atoms with E-state index < -0.39 is 24.5 Å². The van der Waals surface area contributed by atoms with Crippen LogP contribution in [0.1, 0.15) is 23.7 Å². The van der Waals surface area contributed by atoms with Gasteiger partial charge in [0.2, 0.25) is 6.29 Å². The average Bonchev–Trinajstić information content (AvgIpc) is 2.65. The Morgan fingerprint density at radius 2 is 2.00 bits per heavy atom. The van der Waals surface area contributed by atoms with Crippen molar-refractivity contribution in [1.29, 1.82) is 0 Å². The van der Waals surface area contributed by atoms with Gasteiger partial charge in [0.25, 0.3) is 0 Å². The SMILES string of the molecule is C[C@@H]1C[C@H](Oc2ccccc2-c2cccc(C(=O)O)c2)O[C@H](CO)[C@@H]1O. The largest absolute Gasteiger partial charge is 0.478 e. The van der Waals surface area contributed by atoms with Gasteiger partial charge in [-0.05, 0) is 29.7 Å². The van der Waals surface area contributed by atoms with E-state index in [0.29, 0.717) is 12.2 Å². The molecule has 138 valence electrons. The van der Waals surface area contributed by atoms with Crippen LogP contribution in [0.4, 0.5) is 0 Å². The van der Waals surface area contributed by atoms with Crippen molar-refractivity contribution in [2.45, 2.75) is 31.8 Å². The standard InChI is InChI=1S/C20H22O6/c1-12-9-18(26-17(11-21)19(12)22)25-16-8-3-2-7-15(16)13-5-4-6-14(10-13)20(23)24/h2-8,10,12,17-19,21-22H,9,11H2,1H3,(H,23,24)/t12-,17-,18-,19-/m1/s1. The van der Waals surface area contributed by atoms with E-state index in [2.05, 4.69) is 0 Å². The highest BCUT2D eigenvalue weighted by molar-refractivity contribution is 5.89. The summed E-state index contributed by atoms with van der Waals surface area (Å²) in [5.74, 6) is -0.511. The summed E-state index contributed by atoms with van der Waals surface area (Å²) in [6, 6.07) is 13.9. The number of hydrogen-bond donors (Lipinski definition) is 3. The first-order valence-corrected chi connectivity index (χ1v) is 8.53. The maximum absolute atomic E-state index is 11.2. The van der Waals surface area contributed by atoms with Gasteiger partial charge in [-0.2, -0.15) is 0 Å². The Balaban J connectivity index is 1.86. The van der Waals surface area contributed by atoms with Crippen molar-refractivity contribution in [3.63, 3.8) is 0 Å². The predicted molar refractivity (Wildman–Crippen MR) is 95.0 cm³/mol. The van der Waals surface area contributed by atoms with Crippen LogP contribution >= 0.6 is 0 Å². The molecular formula is C20H22O6. The highest BCUT2D eigenvalue weighted by atomic mass is 16.7. The zero-order valence-corrected chi connectivity index (χ0v) is 14.4.